The third-order valence-electron chi connectivity index (χ3n) is 2.91. The van der Waals surface area contributed by atoms with Crippen LogP contribution in [0.1, 0.15) is 40.3 Å². The molecule has 5 heteroatoms. The van der Waals surface area contributed by atoms with E-state index in [4.69, 9.17) is 5.11 Å². The smallest absolute Gasteiger partial charge is 0.270 e. The number of nitrogens with one attached hydrogen (secondary N) is 1. The Balaban J connectivity index is 2.06. The van der Waals surface area contributed by atoms with Crippen LogP contribution in [-0.4, -0.2) is 22.6 Å². The highest BCUT2D eigenvalue weighted by Gasteiger charge is 2.15. The molecular formula is C16H16N2O2S. The van der Waals surface area contributed by atoms with E-state index >= 15 is 0 Å². The normalized spacial score (nSPS) is 11.3. The number of aliphatic hydroxyl groups is 1. The summed E-state index contributed by atoms with van der Waals surface area (Å²) in [6.07, 6.45) is 2.36. The van der Waals surface area contributed by atoms with Gasteiger partial charge in [0, 0.05) is 16.6 Å². The summed E-state index contributed by atoms with van der Waals surface area (Å²) in [6, 6.07) is 7.35. The summed E-state index contributed by atoms with van der Waals surface area (Å²) in [5.41, 5.74) is 1.03. The van der Waals surface area contributed by atoms with Crippen molar-refractivity contribution in [3.05, 3.63) is 52.0 Å². The average Bonchev–Trinajstić information content (AvgIpc) is 3.05. The van der Waals surface area contributed by atoms with Crippen molar-refractivity contribution in [2.45, 2.75) is 19.4 Å². The van der Waals surface area contributed by atoms with Gasteiger partial charge >= 0.3 is 0 Å². The minimum atomic E-state index is -0.197. The fourth-order valence-electron chi connectivity index (χ4n) is 1.84. The molecule has 0 radical (unpaired) electrons. The second-order valence-corrected chi connectivity index (χ2v) is 5.32. The van der Waals surface area contributed by atoms with E-state index in [-0.39, 0.29) is 18.6 Å². The van der Waals surface area contributed by atoms with Crippen molar-refractivity contribution in [2.75, 3.05) is 6.61 Å². The number of nitrogens with zero attached hydrogens (tertiary/aromatic N) is 1. The second-order valence-electron chi connectivity index (χ2n) is 4.34. The summed E-state index contributed by atoms with van der Waals surface area (Å²) in [4.78, 5) is 17.4. The van der Waals surface area contributed by atoms with Crippen LogP contribution >= 0.6 is 11.3 Å². The lowest BCUT2D eigenvalue weighted by molar-refractivity contribution is 0.0931. The van der Waals surface area contributed by atoms with Gasteiger partial charge in [-0.3, -0.25) is 4.79 Å². The molecule has 1 amide bonds. The Morgan fingerprint density at radius 3 is 2.90 bits per heavy atom. The standard InChI is InChI=1S/C16H16N2O2S/c1-2-13(15-6-4-10-21-15)18-16(20)14-8-7-12(11-17-14)5-3-9-19/h4,6-8,10-11,13,19H,2,9H2,1H3,(H,18,20). The Morgan fingerprint density at radius 1 is 1.48 bits per heavy atom. The van der Waals surface area contributed by atoms with E-state index in [1.165, 1.54) is 6.20 Å². The maximum atomic E-state index is 12.2. The van der Waals surface area contributed by atoms with Gasteiger partial charge in [0.15, 0.2) is 0 Å². The van der Waals surface area contributed by atoms with E-state index < -0.39 is 0 Å². The summed E-state index contributed by atoms with van der Waals surface area (Å²) < 4.78 is 0. The van der Waals surface area contributed by atoms with Crippen LogP contribution in [0.4, 0.5) is 0 Å². The van der Waals surface area contributed by atoms with Crippen LogP contribution in [0, 0.1) is 11.8 Å². The molecule has 2 aromatic rings. The minimum absolute atomic E-state index is 0.00755. The molecule has 0 aliphatic heterocycles. The molecule has 0 saturated carbocycles. The lowest BCUT2D eigenvalue weighted by Crippen LogP contribution is -2.28. The lowest BCUT2D eigenvalue weighted by atomic mass is 10.1. The SMILES string of the molecule is CCC(NC(=O)c1ccc(C#CCO)cn1)c1cccs1. The van der Waals surface area contributed by atoms with E-state index in [1.54, 1.807) is 23.5 Å². The van der Waals surface area contributed by atoms with Crippen LogP contribution in [-0.2, 0) is 0 Å². The van der Waals surface area contributed by atoms with Crippen molar-refractivity contribution < 1.29 is 9.90 Å². The number of thiophene rings is 1. The molecule has 1 unspecified atom stereocenters. The summed E-state index contributed by atoms with van der Waals surface area (Å²) >= 11 is 1.63. The Labute approximate surface area is 127 Å². The fraction of sp³-hybridized carbons (Fsp3) is 0.250. The maximum Gasteiger partial charge on any atom is 0.270 e. The van der Waals surface area contributed by atoms with Gasteiger partial charge in [-0.1, -0.05) is 24.8 Å². The highest BCUT2D eigenvalue weighted by atomic mass is 32.1. The number of carbonyl (C=O) groups is 1. The average molecular weight is 300 g/mol. The monoisotopic (exact) mass is 300 g/mol. The van der Waals surface area contributed by atoms with Gasteiger partial charge in [-0.15, -0.1) is 11.3 Å². The zero-order valence-corrected chi connectivity index (χ0v) is 12.5. The van der Waals surface area contributed by atoms with Gasteiger partial charge in [0.1, 0.15) is 12.3 Å². The van der Waals surface area contributed by atoms with Crippen molar-refractivity contribution >= 4 is 17.2 Å². The topological polar surface area (TPSA) is 62.2 Å². The summed E-state index contributed by atoms with van der Waals surface area (Å²) in [6.45, 7) is 1.84. The molecule has 2 aromatic heterocycles. The third-order valence-corrected chi connectivity index (χ3v) is 3.89. The van der Waals surface area contributed by atoms with Crippen LogP contribution in [0.3, 0.4) is 0 Å². The number of hydrogen-bond acceptors (Lipinski definition) is 4. The molecule has 108 valence electrons. The minimum Gasteiger partial charge on any atom is -0.384 e. The second kappa shape index (κ2) is 7.58. The molecule has 0 aliphatic rings. The Bertz CT molecular complexity index is 639. The fourth-order valence-corrected chi connectivity index (χ4v) is 2.70. The summed E-state index contributed by atoms with van der Waals surface area (Å²) in [5.74, 6) is 5.08. The maximum absolute atomic E-state index is 12.2. The van der Waals surface area contributed by atoms with Crippen LogP contribution in [0.15, 0.2) is 35.8 Å². The third kappa shape index (κ3) is 4.15. The Hall–Kier alpha value is -2.16. The van der Waals surface area contributed by atoms with E-state index in [9.17, 15) is 4.79 Å². The Kier molecular flexibility index (Phi) is 5.50. The first kappa shape index (κ1) is 15.2. The van der Waals surface area contributed by atoms with E-state index in [0.29, 0.717) is 11.3 Å². The first-order chi connectivity index (χ1) is 10.2. The van der Waals surface area contributed by atoms with Crippen LogP contribution in [0.5, 0.6) is 0 Å². The van der Waals surface area contributed by atoms with Gasteiger partial charge in [-0.2, -0.15) is 0 Å². The first-order valence-corrected chi connectivity index (χ1v) is 7.52. The van der Waals surface area contributed by atoms with Gasteiger partial charge in [-0.25, -0.2) is 4.98 Å². The van der Waals surface area contributed by atoms with E-state index in [0.717, 1.165) is 11.3 Å². The van der Waals surface area contributed by atoms with Crippen LogP contribution < -0.4 is 5.32 Å². The van der Waals surface area contributed by atoms with E-state index in [1.807, 2.05) is 24.4 Å². The molecule has 0 saturated heterocycles. The van der Waals surface area contributed by atoms with Gasteiger partial charge in [-0.05, 0) is 30.0 Å². The molecule has 0 fully saturated rings. The number of carbonyl (C=O) groups excluding carboxylic acids is 1. The summed E-state index contributed by atoms with van der Waals surface area (Å²) in [7, 11) is 0. The van der Waals surface area contributed by atoms with Crippen molar-refractivity contribution in [2.24, 2.45) is 0 Å². The van der Waals surface area contributed by atoms with Crippen molar-refractivity contribution in [3.8, 4) is 11.8 Å². The van der Waals surface area contributed by atoms with Crippen molar-refractivity contribution in [3.63, 3.8) is 0 Å². The molecular weight excluding hydrogens is 284 g/mol. The molecule has 1 atom stereocenters. The molecule has 2 N–H and O–H groups in total. The van der Waals surface area contributed by atoms with Crippen LogP contribution in [0.25, 0.3) is 0 Å². The van der Waals surface area contributed by atoms with Gasteiger partial charge in [0.25, 0.3) is 5.91 Å². The molecule has 2 rings (SSSR count). The summed E-state index contributed by atoms with van der Waals surface area (Å²) in [5, 5.41) is 13.6. The van der Waals surface area contributed by atoms with Gasteiger partial charge in [0.05, 0.1) is 6.04 Å². The molecule has 0 bridgehead atoms. The zero-order valence-electron chi connectivity index (χ0n) is 11.7. The first-order valence-electron chi connectivity index (χ1n) is 6.64. The number of aliphatic hydroxyl groups excluding tert-OH is 1. The molecule has 4 nitrogen and oxygen atoms in total. The zero-order chi connectivity index (χ0) is 15.1. The largest absolute Gasteiger partial charge is 0.384 e. The highest BCUT2D eigenvalue weighted by Crippen LogP contribution is 2.21. The van der Waals surface area contributed by atoms with E-state index in [2.05, 4.69) is 22.1 Å². The Morgan fingerprint density at radius 2 is 2.33 bits per heavy atom. The molecule has 21 heavy (non-hydrogen) atoms. The molecule has 0 aliphatic carbocycles. The molecule has 0 spiro atoms. The van der Waals surface area contributed by atoms with Crippen molar-refractivity contribution in [1.29, 1.82) is 0 Å². The predicted octanol–water partition coefficient (Wildman–Crippen LogP) is 2.37. The highest BCUT2D eigenvalue weighted by molar-refractivity contribution is 7.10. The van der Waals surface area contributed by atoms with Crippen molar-refractivity contribution in [1.82, 2.24) is 10.3 Å². The molecule has 2 heterocycles. The number of pyridine rings is 1. The molecule has 0 aromatic carbocycles. The van der Waals surface area contributed by atoms with Gasteiger partial charge in [0.2, 0.25) is 0 Å². The van der Waals surface area contributed by atoms with Crippen LogP contribution in [0.2, 0.25) is 0 Å². The lowest BCUT2D eigenvalue weighted by Gasteiger charge is -2.15. The van der Waals surface area contributed by atoms with Gasteiger partial charge < -0.3 is 10.4 Å². The predicted molar refractivity (Wildman–Crippen MR) is 83.0 cm³/mol. The number of aromatic nitrogens is 1. The quantitative estimate of drug-likeness (QED) is 0.852. The number of rotatable bonds is 4. The number of amides is 1. The number of hydrogen-bond donors (Lipinski definition) is 2.